The number of carbonyl (C=O) groups excluding carboxylic acids is 1. The average Bonchev–Trinajstić information content (AvgIpc) is 2.03. The van der Waals surface area contributed by atoms with Gasteiger partial charge in [0.1, 0.15) is 6.04 Å². The number of hydrogen-bond acceptors (Lipinski definition) is 4. The molecule has 5 nitrogen and oxygen atoms in total. The van der Waals surface area contributed by atoms with Gasteiger partial charge in [-0.2, -0.15) is 0 Å². The fraction of sp³-hybridized carbons (Fsp3) is 0.750. The van der Waals surface area contributed by atoms with Gasteiger partial charge in [0, 0.05) is 6.42 Å². The molecular weight excluding hydrogens is 174 g/mol. The van der Waals surface area contributed by atoms with Crippen LogP contribution in [0.5, 0.6) is 0 Å². The molecule has 0 aliphatic carbocycles. The molecule has 0 aromatic heterocycles. The highest BCUT2D eigenvalue weighted by molar-refractivity contribution is 5.75. The first-order chi connectivity index (χ1) is 5.99. The van der Waals surface area contributed by atoms with Crippen LogP contribution < -0.4 is 0 Å². The van der Waals surface area contributed by atoms with E-state index < -0.39 is 12.0 Å². The van der Waals surface area contributed by atoms with Crippen LogP contribution in [0, 0.1) is 0 Å². The predicted octanol–water partition coefficient (Wildman–Crippen LogP) is -0.0456. The zero-order chi connectivity index (χ0) is 10.4. The minimum atomic E-state index is -0.922. The van der Waals surface area contributed by atoms with Gasteiger partial charge in [0.15, 0.2) is 0 Å². The van der Waals surface area contributed by atoms with E-state index >= 15 is 0 Å². The third-order valence-corrected chi connectivity index (χ3v) is 1.76. The number of likely N-dealkylation sites (N-methyl/N-ethyl adjacent to an activating group) is 1. The molecule has 0 saturated carbocycles. The lowest BCUT2D eigenvalue weighted by Gasteiger charge is -2.18. The zero-order valence-corrected chi connectivity index (χ0v) is 8.11. The van der Waals surface area contributed by atoms with E-state index in [1.54, 1.807) is 19.0 Å². The van der Waals surface area contributed by atoms with Crippen molar-refractivity contribution >= 4 is 11.9 Å². The number of esters is 1. The lowest BCUT2D eigenvalue weighted by Crippen LogP contribution is -2.36. The van der Waals surface area contributed by atoms with Crippen molar-refractivity contribution in [2.75, 3.05) is 21.2 Å². The Labute approximate surface area is 77.3 Å². The Hall–Kier alpha value is -1.10. The highest BCUT2D eigenvalue weighted by Crippen LogP contribution is 2.04. The minimum Gasteiger partial charge on any atom is -0.480 e. The monoisotopic (exact) mass is 189 g/mol. The van der Waals surface area contributed by atoms with Crippen LogP contribution in [0.3, 0.4) is 0 Å². The van der Waals surface area contributed by atoms with Crippen LogP contribution in [0.25, 0.3) is 0 Å². The molecule has 76 valence electrons. The van der Waals surface area contributed by atoms with Gasteiger partial charge in [0.25, 0.3) is 0 Å². The molecule has 1 atom stereocenters. The second-order valence-corrected chi connectivity index (χ2v) is 2.93. The molecule has 5 heteroatoms. The van der Waals surface area contributed by atoms with E-state index in [-0.39, 0.29) is 18.8 Å². The molecular formula is C8H15NO4. The van der Waals surface area contributed by atoms with E-state index in [9.17, 15) is 9.59 Å². The molecule has 0 fully saturated rings. The van der Waals surface area contributed by atoms with Crippen LogP contribution in [0.2, 0.25) is 0 Å². The summed E-state index contributed by atoms with van der Waals surface area (Å²) >= 11 is 0. The molecule has 0 rings (SSSR count). The zero-order valence-electron chi connectivity index (χ0n) is 8.11. The van der Waals surface area contributed by atoms with Crippen molar-refractivity contribution in [3.05, 3.63) is 0 Å². The number of carboxylic acid groups (broad SMARTS) is 1. The fourth-order valence-corrected chi connectivity index (χ4v) is 0.959. The summed E-state index contributed by atoms with van der Waals surface area (Å²) in [5.41, 5.74) is 0. The maximum Gasteiger partial charge on any atom is 0.320 e. The third kappa shape index (κ3) is 4.47. The summed E-state index contributed by atoms with van der Waals surface area (Å²) in [6, 6.07) is -0.626. The fourth-order valence-electron chi connectivity index (χ4n) is 0.959. The highest BCUT2D eigenvalue weighted by Gasteiger charge is 2.20. The number of carbonyl (C=O) groups is 2. The molecule has 0 heterocycles. The quantitative estimate of drug-likeness (QED) is 0.614. The summed E-state index contributed by atoms with van der Waals surface area (Å²) in [4.78, 5) is 22.9. The van der Waals surface area contributed by atoms with E-state index in [4.69, 9.17) is 5.11 Å². The summed E-state index contributed by atoms with van der Waals surface area (Å²) in [5, 5.41) is 8.74. The number of carboxylic acids is 1. The molecule has 13 heavy (non-hydrogen) atoms. The topological polar surface area (TPSA) is 66.8 Å². The molecule has 1 N–H and O–H groups in total. The van der Waals surface area contributed by atoms with Crippen molar-refractivity contribution in [3.8, 4) is 0 Å². The second-order valence-electron chi connectivity index (χ2n) is 2.93. The largest absolute Gasteiger partial charge is 0.480 e. The lowest BCUT2D eigenvalue weighted by atomic mass is 10.1. The molecule has 0 amide bonds. The van der Waals surface area contributed by atoms with Gasteiger partial charge in [-0.1, -0.05) is 0 Å². The van der Waals surface area contributed by atoms with Crippen molar-refractivity contribution < 1.29 is 19.4 Å². The molecule has 0 spiro atoms. The standard InChI is InChI=1S/C8H15NO4/c1-9(2)6(8(11)12)4-5-7(10)13-3/h6H,4-5H2,1-3H3,(H,11,12). The summed E-state index contributed by atoms with van der Waals surface area (Å²) < 4.78 is 4.41. The van der Waals surface area contributed by atoms with Crippen molar-refractivity contribution in [2.45, 2.75) is 18.9 Å². The highest BCUT2D eigenvalue weighted by atomic mass is 16.5. The molecule has 0 aliphatic heterocycles. The molecule has 0 aliphatic rings. The van der Waals surface area contributed by atoms with Crippen LogP contribution in [0.4, 0.5) is 0 Å². The Morgan fingerprint density at radius 1 is 1.46 bits per heavy atom. The van der Waals surface area contributed by atoms with Gasteiger partial charge in [-0.15, -0.1) is 0 Å². The third-order valence-electron chi connectivity index (χ3n) is 1.76. The first-order valence-corrected chi connectivity index (χ1v) is 3.95. The Bertz CT molecular complexity index is 191. The Kier molecular flexibility index (Phi) is 5.06. The van der Waals surface area contributed by atoms with Gasteiger partial charge in [0.2, 0.25) is 0 Å². The normalized spacial score (nSPS) is 12.6. The Morgan fingerprint density at radius 2 is 2.00 bits per heavy atom. The molecule has 0 aromatic rings. The first kappa shape index (κ1) is 11.9. The number of ether oxygens (including phenoxy) is 1. The van der Waals surface area contributed by atoms with Crippen LogP contribution in [-0.4, -0.2) is 49.2 Å². The van der Waals surface area contributed by atoms with Crippen molar-refractivity contribution in [1.82, 2.24) is 4.90 Å². The molecule has 0 aromatic carbocycles. The van der Waals surface area contributed by atoms with Gasteiger partial charge >= 0.3 is 11.9 Å². The number of methoxy groups -OCH3 is 1. The summed E-state index contributed by atoms with van der Waals surface area (Å²) in [6.07, 6.45) is 0.403. The molecule has 1 unspecified atom stereocenters. The minimum absolute atomic E-state index is 0.131. The van der Waals surface area contributed by atoms with Crippen molar-refractivity contribution in [3.63, 3.8) is 0 Å². The van der Waals surface area contributed by atoms with E-state index in [0.29, 0.717) is 0 Å². The molecule has 0 radical (unpaired) electrons. The van der Waals surface area contributed by atoms with Crippen LogP contribution >= 0.6 is 0 Å². The van der Waals surface area contributed by atoms with E-state index in [2.05, 4.69) is 4.74 Å². The van der Waals surface area contributed by atoms with Crippen molar-refractivity contribution in [1.29, 1.82) is 0 Å². The lowest BCUT2D eigenvalue weighted by molar-refractivity contribution is -0.144. The van der Waals surface area contributed by atoms with E-state index in [1.807, 2.05) is 0 Å². The van der Waals surface area contributed by atoms with Gasteiger partial charge in [-0.25, -0.2) is 0 Å². The van der Waals surface area contributed by atoms with E-state index in [1.165, 1.54) is 7.11 Å². The molecule has 0 saturated heterocycles. The van der Waals surface area contributed by atoms with Crippen LogP contribution in [-0.2, 0) is 14.3 Å². The van der Waals surface area contributed by atoms with Crippen LogP contribution in [0.1, 0.15) is 12.8 Å². The average molecular weight is 189 g/mol. The van der Waals surface area contributed by atoms with Gasteiger partial charge in [0.05, 0.1) is 7.11 Å². The maximum absolute atomic E-state index is 10.7. The number of rotatable bonds is 5. The summed E-state index contributed by atoms with van der Waals surface area (Å²) in [6.45, 7) is 0. The predicted molar refractivity (Wildman–Crippen MR) is 46.4 cm³/mol. The van der Waals surface area contributed by atoms with Gasteiger partial charge in [-0.05, 0) is 20.5 Å². The number of hydrogen-bond donors (Lipinski definition) is 1. The van der Waals surface area contributed by atoms with E-state index in [0.717, 1.165) is 0 Å². The van der Waals surface area contributed by atoms with Crippen molar-refractivity contribution in [2.24, 2.45) is 0 Å². The number of nitrogens with zero attached hydrogens (tertiary/aromatic N) is 1. The summed E-state index contributed by atoms with van der Waals surface area (Å²) in [5.74, 6) is -1.30. The smallest absolute Gasteiger partial charge is 0.320 e. The maximum atomic E-state index is 10.7. The van der Waals surface area contributed by atoms with Crippen LogP contribution in [0.15, 0.2) is 0 Å². The Balaban J connectivity index is 3.97. The molecule has 0 bridgehead atoms. The first-order valence-electron chi connectivity index (χ1n) is 3.95. The Morgan fingerprint density at radius 3 is 2.31 bits per heavy atom. The second kappa shape index (κ2) is 5.53. The van der Waals surface area contributed by atoms with Gasteiger partial charge in [-0.3, -0.25) is 14.5 Å². The SMILES string of the molecule is COC(=O)CCC(C(=O)O)N(C)C. The number of aliphatic carboxylic acids is 1. The summed E-state index contributed by atoms with van der Waals surface area (Å²) in [7, 11) is 4.61. The van der Waals surface area contributed by atoms with Gasteiger partial charge < -0.3 is 9.84 Å².